The van der Waals surface area contributed by atoms with Crippen molar-refractivity contribution in [2.24, 2.45) is 5.92 Å². The van der Waals surface area contributed by atoms with Crippen molar-refractivity contribution in [2.75, 3.05) is 19.6 Å². The Morgan fingerprint density at radius 1 is 1.47 bits per heavy atom. The molecule has 0 saturated carbocycles. The summed E-state index contributed by atoms with van der Waals surface area (Å²) in [6.45, 7) is 5.46. The Morgan fingerprint density at radius 3 is 3.11 bits per heavy atom. The van der Waals surface area contributed by atoms with Crippen molar-refractivity contribution in [3.8, 4) is 5.75 Å². The number of piperidine rings is 1. The fourth-order valence-electron chi connectivity index (χ4n) is 3.05. The lowest BCUT2D eigenvalue weighted by Gasteiger charge is -2.35. The molecule has 0 N–H and O–H groups in total. The average molecular weight is 328 g/mol. The Bertz CT molecular complexity index is 467. The van der Waals surface area contributed by atoms with E-state index in [1.807, 2.05) is 0 Å². The minimum atomic E-state index is -0.170. The van der Waals surface area contributed by atoms with Crippen LogP contribution in [0.5, 0.6) is 5.75 Å². The van der Waals surface area contributed by atoms with Crippen LogP contribution in [0.1, 0.15) is 18.9 Å². The molecule has 2 aliphatic rings. The number of rotatable bonds is 2. The van der Waals surface area contributed by atoms with Gasteiger partial charge in [-0.1, -0.05) is 22.9 Å². The molecule has 0 aromatic heterocycles. The van der Waals surface area contributed by atoms with Crippen LogP contribution in [0.2, 0.25) is 0 Å². The molecule has 3 rings (SSSR count). The van der Waals surface area contributed by atoms with E-state index in [-0.39, 0.29) is 11.9 Å². The number of hydrogen-bond acceptors (Lipinski definition) is 2. The monoisotopic (exact) mass is 327 g/mol. The molecular weight excluding hydrogens is 309 g/mol. The van der Waals surface area contributed by atoms with Gasteiger partial charge in [0.05, 0.1) is 0 Å². The number of hydrogen-bond donors (Lipinski definition) is 0. The first-order valence-corrected chi connectivity index (χ1v) is 7.85. The lowest BCUT2D eigenvalue weighted by molar-refractivity contribution is 0.118. The minimum absolute atomic E-state index is 0.170. The third kappa shape index (κ3) is 2.95. The summed E-state index contributed by atoms with van der Waals surface area (Å²) in [5.41, 5.74) is 1.01. The Labute approximate surface area is 122 Å². The Hall–Kier alpha value is -0.610. The molecule has 4 heteroatoms. The van der Waals surface area contributed by atoms with Gasteiger partial charge in [-0.15, -0.1) is 0 Å². The van der Waals surface area contributed by atoms with Crippen LogP contribution in [0.25, 0.3) is 0 Å². The molecule has 2 aliphatic heterocycles. The average Bonchev–Trinajstić information content (AvgIpc) is 2.75. The molecule has 2 heterocycles. The zero-order valence-electron chi connectivity index (χ0n) is 11.1. The van der Waals surface area contributed by atoms with Crippen LogP contribution in [0.4, 0.5) is 4.39 Å². The largest absolute Gasteiger partial charge is 0.488 e. The fraction of sp³-hybridized carbons (Fsp3) is 0.600. The van der Waals surface area contributed by atoms with E-state index in [1.54, 1.807) is 12.1 Å². The van der Waals surface area contributed by atoms with Gasteiger partial charge in [-0.3, -0.25) is 4.90 Å². The number of fused-ring (bicyclic) bond motifs is 1. The highest BCUT2D eigenvalue weighted by Gasteiger charge is 2.29. The van der Waals surface area contributed by atoms with Crippen molar-refractivity contribution in [2.45, 2.75) is 30.7 Å². The zero-order valence-corrected chi connectivity index (χ0v) is 12.7. The van der Waals surface area contributed by atoms with Crippen LogP contribution >= 0.6 is 15.9 Å². The van der Waals surface area contributed by atoms with Gasteiger partial charge < -0.3 is 4.74 Å². The first-order valence-electron chi connectivity index (χ1n) is 6.93. The van der Waals surface area contributed by atoms with Crippen LogP contribution in [0.15, 0.2) is 18.2 Å². The molecule has 0 amide bonds. The van der Waals surface area contributed by atoms with Crippen LogP contribution in [-0.4, -0.2) is 35.5 Å². The number of benzene rings is 1. The van der Waals surface area contributed by atoms with E-state index in [0.717, 1.165) is 37.4 Å². The molecule has 104 valence electrons. The van der Waals surface area contributed by atoms with E-state index in [4.69, 9.17) is 4.74 Å². The maximum absolute atomic E-state index is 13.2. The number of likely N-dealkylation sites (tertiary alicyclic amines) is 1. The van der Waals surface area contributed by atoms with E-state index in [9.17, 15) is 4.39 Å². The van der Waals surface area contributed by atoms with Crippen LogP contribution < -0.4 is 4.74 Å². The van der Waals surface area contributed by atoms with Crippen LogP contribution in [0, 0.1) is 11.7 Å². The summed E-state index contributed by atoms with van der Waals surface area (Å²) in [6.07, 6.45) is 2.20. The second-order valence-electron chi connectivity index (χ2n) is 5.74. The summed E-state index contributed by atoms with van der Waals surface area (Å²) < 4.78 is 19.1. The molecule has 3 unspecified atom stereocenters. The van der Waals surface area contributed by atoms with E-state index >= 15 is 0 Å². The van der Waals surface area contributed by atoms with Gasteiger partial charge in [-0.05, 0) is 37.1 Å². The van der Waals surface area contributed by atoms with Gasteiger partial charge in [-0.25, -0.2) is 4.39 Å². The molecule has 0 bridgehead atoms. The summed E-state index contributed by atoms with van der Waals surface area (Å²) in [6, 6.07) is 4.82. The predicted molar refractivity (Wildman–Crippen MR) is 77.5 cm³/mol. The highest BCUT2D eigenvalue weighted by Crippen LogP contribution is 2.30. The molecular formula is C15H19BrFNO. The molecule has 1 aromatic carbocycles. The van der Waals surface area contributed by atoms with Crippen molar-refractivity contribution >= 4 is 15.9 Å². The molecule has 0 spiro atoms. The van der Waals surface area contributed by atoms with Crippen LogP contribution in [0.3, 0.4) is 0 Å². The third-order valence-corrected chi connectivity index (χ3v) is 5.47. The van der Waals surface area contributed by atoms with Crippen molar-refractivity contribution in [3.05, 3.63) is 29.6 Å². The molecule has 0 radical (unpaired) electrons. The van der Waals surface area contributed by atoms with Gasteiger partial charge in [0, 0.05) is 29.9 Å². The van der Waals surface area contributed by atoms with Gasteiger partial charge in [0.1, 0.15) is 17.7 Å². The molecule has 2 nitrogen and oxygen atoms in total. The lowest BCUT2D eigenvalue weighted by Crippen LogP contribution is -2.44. The molecule has 3 atom stereocenters. The minimum Gasteiger partial charge on any atom is -0.488 e. The molecule has 19 heavy (non-hydrogen) atoms. The molecule has 0 aliphatic carbocycles. The standard InChI is InChI=1S/C15H19BrFNO/c1-10-8-18(5-4-14(10)16)9-13-7-11-6-12(17)2-3-15(11)19-13/h2-3,6,10,13-14H,4-5,7-9H2,1H3. The molecule has 1 fully saturated rings. The fourth-order valence-corrected chi connectivity index (χ4v) is 3.42. The summed E-state index contributed by atoms with van der Waals surface area (Å²) in [5.74, 6) is 1.36. The number of halogens is 2. The summed E-state index contributed by atoms with van der Waals surface area (Å²) in [4.78, 5) is 3.11. The van der Waals surface area contributed by atoms with Gasteiger partial charge in [0.25, 0.3) is 0 Å². The topological polar surface area (TPSA) is 12.5 Å². The number of alkyl halides is 1. The Kier molecular flexibility index (Phi) is 3.81. The van der Waals surface area contributed by atoms with Crippen molar-refractivity contribution in [1.82, 2.24) is 4.90 Å². The highest BCUT2D eigenvalue weighted by molar-refractivity contribution is 9.09. The van der Waals surface area contributed by atoms with Crippen molar-refractivity contribution in [1.29, 1.82) is 0 Å². The quantitative estimate of drug-likeness (QED) is 0.773. The predicted octanol–water partition coefficient (Wildman–Crippen LogP) is 3.23. The Balaban J connectivity index is 1.59. The van der Waals surface area contributed by atoms with E-state index < -0.39 is 0 Å². The summed E-state index contributed by atoms with van der Waals surface area (Å²) >= 11 is 3.73. The number of nitrogens with zero attached hydrogens (tertiary/aromatic N) is 1. The number of ether oxygens (including phenoxy) is 1. The lowest BCUT2D eigenvalue weighted by atomic mass is 9.99. The van der Waals surface area contributed by atoms with Crippen LogP contribution in [-0.2, 0) is 6.42 Å². The van der Waals surface area contributed by atoms with Gasteiger partial charge in [0.2, 0.25) is 0 Å². The van der Waals surface area contributed by atoms with Gasteiger partial charge in [0.15, 0.2) is 0 Å². The first-order chi connectivity index (χ1) is 9.11. The van der Waals surface area contributed by atoms with Crippen molar-refractivity contribution in [3.63, 3.8) is 0 Å². The highest BCUT2D eigenvalue weighted by atomic mass is 79.9. The summed E-state index contributed by atoms with van der Waals surface area (Å²) in [5, 5.41) is 0. The van der Waals surface area contributed by atoms with Gasteiger partial charge in [-0.2, -0.15) is 0 Å². The second-order valence-corrected chi connectivity index (χ2v) is 6.91. The second kappa shape index (κ2) is 5.41. The summed E-state index contributed by atoms with van der Waals surface area (Å²) in [7, 11) is 0. The van der Waals surface area contributed by atoms with E-state index in [2.05, 4.69) is 27.8 Å². The zero-order chi connectivity index (χ0) is 13.4. The van der Waals surface area contributed by atoms with Crippen molar-refractivity contribution < 1.29 is 9.13 Å². The first kappa shape index (κ1) is 13.4. The normalized spacial score (nSPS) is 31.0. The third-order valence-electron chi connectivity index (χ3n) is 4.11. The van der Waals surface area contributed by atoms with E-state index in [1.165, 1.54) is 12.5 Å². The van der Waals surface area contributed by atoms with E-state index in [0.29, 0.717) is 10.7 Å². The van der Waals surface area contributed by atoms with Gasteiger partial charge >= 0.3 is 0 Å². The smallest absolute Gasteiger partial charge is 0.123 e. The Morgan fingerprint density at radius 2 is 2.32 bits per heavy atom. The molecule has 1 aromatic rings. The molecule has 1 saturated heterocycles. The SMILES string of the molecule is CC1CN(CC2Cc3cc(F)ccc3O2)CCC1Br. The maximum Gasteiger partial charge on any atom is 0.123 e. The maximum atomic E-state index is 13.2.